The number of hydrogen-bond donors (Lipinski definition) is 0. The number of carbonyl (C=O) groups is 1. The third kappa shape index (κ3) is 3.91. The normalized spacial score (nSPS) is 14.6. The van der Waals surface area contributed by atoms with Crippen molar-refractivity contribution in [1.82, 2.24) is 4.90 Å². The van der Waals surface area contributed by atoms with E-state index in [4.69, 9.17) is 5.26 Å². The molecule has 1 aromatic carbocycles. The van der Waals surface area contributed by atoms with E-state index in [9.17, 15) is 18.0 Å². The predicted molar refractivity (Wildman–Crippen MR) is 72.7 cm³/mol. The van der Waals surface area contributed by atoms with Crippen LogP contribution in [0, 0.1) is 11.3 Å². The molecule has 0 radical (unpaired) electrons. The lowest BCUT2D eigenvalue weighted by Crippen LogP contribution is -2.30. The molecule has 1 saturated carbocycles. The molecule has 0 unspecified atom stereocenters. The van der Waals surface area contributed by atoms with Crippen molar-refractivity contribution in [1.29, 1.82) is 5.26 Å². The SMILES string of the molecule is CN(C(=O)CSc1ccc(C#N)c(C(F)(F)F)c1)C1CC1. The average Bonchev–Trinajstić information content (AvgIpc) is 3.27. The van der Waals surface area contributed by atoms with Gasteiger partial charge in [0, 0.05) is 18.0 Å². The summed E-state index contributed by atoms with van der Waals surface area (Å²) in [6, 6.07) is 5.31. The van der Waals surface area contributed by atoms with Crippen LogP contribution in [0.15, 0.2) is 23.1 Å². The molecule has 1 aliphatic rings. The van der Waals surface area contributed by atoms with Crippen molar-refractivity contribution in [2.75, 3.05) is 12.8 Å². The number of nitriles is 1. The van der Waals surface area contributed by atoms with Gasteiger partial charge in [0.15, 0.2) is 0 Å². The van der Waals surface area contributed by atoms with Gasteiger partial charge in [0.1, 0.15) is 0 Å². The van der Waals surface area contributed by atoms with E-state index in [1.54, 1.807) is 11.9 Å². The second-order valence-corrected chi connectivity index (χ2v) is 5.89. The fraction of sp³-hybridized carbons (Fsp3) is 0.429. The van der Waals surface area contributed by atoms with Crippen molar-refractivity contribution in [2.24, 2.45) is 0 Å². The smallest absolute Gasteiger partial charge is 0.342 e. The molecular formula is C14H13F3N2OS. The molecule has 7 heteroatoms. The maximum atomic E-state index is 12.8. The largest absolute Gasteiger partial charge is 0.417 e. The number of halogens is 3. The zero-order chi connectivity index (χ0) is 15.6. The first-order valence-corrected chi connectivity index (χ1v) is 7.31. The molecule has 2 rings (SSSR count). The fourth-order valence-electron chi connectivity index (χ4n) is 1.86. The first-order valence-electron chi connectivity index (χ1n) is 6.32. The minimum atomic E-state index is -4.57. The highest BCUT2D eigenvalue weighted by atomic mass is 32.2. The van der Waals surface area contributed by atoms with Crippen molar-refractivity contribution in [3.63, 3.8) is 0 Å². The van der Waals surface area contributed by atoms with E-state index in [1.165, 1.54) is 12.1 Å². The van der Waals surface area contributed by atoms with E-state index in [1.807, 2.05) is 0 Å². The highest BCUT2D eigenvalue weighted by Gasteiger charge is 2.34. The Bertz CT molecular complexity index is 591. The molecule has 1 fully saturated rings. The van der Waals surface area contributed by atoms with Crippen molar-refractivity contribution in [3.8, 4) is 6.07 Å². The van der Waals surface area contributed by atoms with E-state index >= 15 is 0 Å². The molecule has 0 heterocycles. The van der Waals surface area contributed by atoms with Crippen molar-refractivity contribution in [2.45, 2.75) is 30.0 Å². The van der Waals surface area contributed by atoms with Crippen LogP contribution in [-0.2, 0) is 11.0 Å². The third-order valence-electron chi connectivity index (χ3n) is 3.27. The topological polar surface area (TPSA) is 44.1 Å². The summed E-state index contributed by atoms with van der Waals surface area (Å²) in [6.07, 6.45) is -2.60. The van der Waals surface area contributed by atoms with Gasteiger partial charge in [-0.05, 0) is 31.0 Å². The summed E-state index contributed by atoms with van der Waals surface area (Å²) in [6.45, 7) is 0. The zero-order valence-corrected chi connectivity index (χ0v) is 12.1. The minimum absolute atomic E-state index is 0.0934. The number of thioether (sulfide) groups is 1. The fourth-order valence-corrected chi connectivity index (χ4v) is 2.72. The van der Waals surface area contributed by atoms with Crippen LogP contribution in [0.5, 0.6) is 0 Å². The Hall–Kier alpha value is -1.68. The summed E-state index contributed by atoms with van der Waals surface area (Å²) in [5, 5.41) is 8.71. The maximum Gasteiger partial charge on any atom is 0.417 e. The summed E-state index contributed by atoms with van der Waals surface area (Å²) in [4.78, 5) is 13.8. The number of alkyl halides is 3. The number of amides is 1. The number of hydrogen-bond acceptors (Lipinski definition) is 3. The molecule has 0 N–H and O–H groups in total. The molecule has 0 saturated heterocycles. The molecule has 1 amide bonds. The average molecular weight is 314 g/mol. The van der Waals surface area contributed by atoms with E-state index in [2.05, 4.69) is 0 Å². The number of benzene rings is 1. The summed E-state index contributed by atoms with van der Waals surface area (Å²) in [7, 11) is 1.71. The van der Waals surface area contributed by atoms with Gasteiger partial charge < -0.3 is 4.90 Å². The third-order valence-corrected chi connectivity index (χ3v) is 4.25. The molecular weight excluding hydrogens is 301 g/mol. The molecule has 1 aliphatic carbocycles. The van der Waals surface area contributed by atoms with E-state index in [-0.39, 0.29) is 17.7 Å². The Balaban J connectivity index is 2.07. The molecule has 0 atom stereocenters. The monoisotopic (exact) mass is 314 g/mol. The van der Waals surface area contributed by atoms with E-state index < -0.39 is 17.3 Å². The zero-order valence-electron chi connectivity index (χ0n) is 11.3. The summed E-state index contributed by atoms with van der Waals surface area (Å²) >= 11 is 1.05. The summed E-state index contributed by atoms with van der Waals surface area (Å²) in [5.74, 6) is -0.00339. The highest BCUT2D eigenvalue weighted by Crippen LogP contribution is 2.34. The lowest BCUT2D eigenvalue weighted by Gasteiger charge is -2.16. The molecule has 0 spiro atoms. The number of rotatable bonds is 4. The van der Waals surface area contributed by atoms with Crippen LogP contribution in [0.1, 0.15) is 24.0 Å². The lowest BCUT2D eigenvalue weighted by atomic mass is 10.1. The number of nitrogens with zero attached hydrogens (tertiary/aromatic N) is 2. The molecule has 0 aromatic heterocycles. The standard InChI is InChI=1S/C14H13F3N2OS/c1-19(10-3-4-10)13(20)8-21-11-5-2-9(7-18)12(6-11)14(15,16)17/h2,5-6,10H,3-4,8H2,1H3. The van der Waals surface area contributed by atoms with Crippen molar-refractivity contribution < 1.29 is 18.0 Å². The minimum Gasteiger partial charge on any atom is -0.342 e. The molecule has 3 nitrogen and oxygen atoms in total. The first-order chi connectivity index (χ1) is 9.82. The van der Waals surface area contributed by atoms with Crippen LogP contribution in [0.25, 0.3) is 0 Å². The van der Waals surface area contributed by atoms with Gasteiger partial charge in [0.2, 0.25) is 5.91 Å². The Morgan fingerprint density at radius 3 is 2.67 bits per heavy atom. The second kappa shape index (κ2) is 5.98. The van der Waals surface area contributed by atoms with Gasteiger partial charge in [-0.2, -0.15) is 18.4 Å². The summed E-state index contributed by atoms with van der Waals surface area (Å²) in [5.41, 5.74) is -1.37. The lowest BCUT2D eigenvalue weighted by molar-refractivity contribution is -0.138. The van der Waals surface area contributed by atoms with Crippen LogP contribution in [0.4, 0.5) is 13.2 Å². The molecule has 0 aliphatic heterocycles. The van der Waals surface area contributed by atoms with Crippen LogP contribution < -0.4 is 0 Å². The van der Waals surface area contributed by atoms with Crippen LogP contribution in [0.3, 0.4) is 0 Å². The molecule has 112 valence electrons. The Morgan fingerprint density at radius 1 is 1.48 bits per heavy atom. The van der Waals surface area contributed by atoms with Crippen molar-refractivity contribution in [3.05, 3.63) is 29.3 Å². The second-order valence-electron chi connectivity index (χ2n) is 4.84. The Labute approximate surface area is 124 Å². The van der Waals surface area contributed by atoms with Crippen LogP contribution >= 0.6 is 11.8 Å². The van der Waals surface area contributed by atoms with Gasteiger partial charge in [-0.15, -0.1) is 11.8 Å². The summed E-state index contributed by atoms with van der Waals surface area (Å²) < 4.78 is 38.5. The predicted octanol–water partition coefficient (Wildman–Crippen LogP) is 3.29. The van der Waals surface area contributed by atoms with E-state index in [0.29, 0.717) is 4.90 Å². The van der Waals surface area contributed by atoms with Crippen molar-refractivity contribution >= 4 is 17.7 Å². The van der Waals surface area contributed by atoms with E-state index in [0.717, 1.165) is 36.7 Å². The molecule has 1 aromatic rings. The first kappa shape index (κ1) is 15.7. The van der Waals surface area contributed by atoms with Gasteiger partial charge in [-0.25, -0.2) is 0 Å². The van der Waals surface area contributed by atoms with Gasteiger partial charge >= 0.3 is 6.18 Å². The molecule has 21 heavy (non-hydrogen) atoms. The Morgan fingerprint density at radius 2 is 2.14 bits per heavy atom. The van der Waals surface area contributed by atoms with Crippen LogP contribution in [0.2, 0.25) is 0 Å². The molecule has 0 bridgehead atoms. The van der Waals surface area contributed by atoms with Gasteiger partial charge in [0.25, 0.3) is 0 Å². The van der Waals surface area contributed by atoms with Crippen LogP contribution in [-0.4, -0.2) is 29.6 Å². The Kier molecular flexibility index (Phi) is 4.47. The highest BCUT2D eigenvalue weighted by molar-refractivity contribution is 8.00. The van der Waals surface area contributed by atoms with Gasteiger partial charge in [0.05, 0.1) is 22.9 Å². The number of carbonyl (C=O) groups excluding carboxylic acids is 1. The maximum absolute atomic E-state index is 12.8. The quantitative estimate of drug-likeness (QED) is 0.801. The van der Waals surface area contributed by atoms with Gasteiger partial charge in [-0.3, -0.25) is 4.79 Å². The van der Waals surface area contributed by atoms with Gasteiger partial charge in [-0.1, -0.05) is 0 Å².